The minimum atomic E-state index is -0.580. The Morgan fingerprint density at radius 2 is 1.54 bits per heavy atom. The highest BCUT2D eigenvalue weighted by atomic mass is 16.5. The Labute approximate surface area is 150 Å². The molecule has 0 amide bonds. The van der Waals surface area contributed by atoms with Gasteiger partial charge in [0.05, 0.1) is 34.6 Å². The van der Waals surface area contributed by atoms with Crippen LogP contribution in [0.15, 0.2) is 36.4 Å². The van der Waals surface area contributed by atoms with Crippen molar-refractivity contribution in [2.45, 2.75) is 37.9 Å². The predicted molar refractivity (Wildman–Crippen MR) is 97.9 cm³/mol. The second-order valence-electron chi connectivity index (χ2n) is 7.56. The Kier molecular flexibility index (Phi) is 2.71. The third-order valence-electron chi connectivity index (χ3n) is 5.95. The molecule has 3 heterocycles. The average molecular weight is 346 g/mol. The number of nitrogens with zero attached hydrogens (tertiary/aromatic N) is 2. The molecule has 1 aromatic heterocycles. The van der Waals surface area contributed by atoms with Gasteiger partial charge in [0, 0.05) is 0 Å². The van der Waals surface area contributed by atoms with Crippen molar-refractivity contribution < 1.29 is 14.9 Å². The summed E-state index contributed by atoms with van der Waals surface area (Å²) in [7, 11) is 0. The van der Waals surface area contributed by atoms with E-state index < -0.39 is 11.2 Å². The summed E-state index contributed by atoms with van der Waals surface area (Å²) in [5, 5.41) is 23.7. The van der Waals surface area contributed by atoms with Gasteiger partial charge < -0.3 is 14.9 Å². The van der Waals surface area contributed by atoms with E-state index in [4.69, 9.17) is 11.3 Å². The number of aromatic nitrogens is 1. The lowest BCUT2D eigenvalue weighted by Gasteiger charge is -2.21. The first-order valence-corrected chi connectivity index (χ1v) is 8.67. The van der Waals surface area contributed by atoms with Gasteiger partial charge >= 0.3 is 0 Å². The molecule has 0 saturated carbocycles. The summed E-state index contributed by atoms with van der Waals surface area (Å²) in [5.74, 6) is 0.0354. The zero-order valence-corrected chi connectivity index (χ0v) is 14.6. The summed E-state index contributed by atoms with van der Waals surface area (Å²) in [6.07, 6.45) is 1.62. The lowest BCUT2D eigenvalue weighted by Crippen LogP contribution is -2.17. The highest BCUT2D eigenvalue weighted by molar-refractivity contribution is 6.00. The van der Waals surface area contributed by atoms with Gasteiger partial charge in [-0.2, -0.15) is 0 Å². The van der Waals surface area contributed by atoms with Crippen LogP contribution in [0.3, 0.4) is 0 Å². The highest BCUT2D eigenvalue weighted by Gasteiger charge is 2.59. The van der Waals surface area contributed by atoms with Gasteiger partial charge in [-0.1, -0.05) is 30.3 Å². The predicted octanol–water partition coefficient (Wildman–Crippen LogP) is 4.85. The molecule has 2 atom stereocenters. The van der Waals surface area contributed by atoms with E-state index in [2.05, 4.69) is 4.85 Å². The molecule has 5 nitrogen and oxygen atoms in total. The molecule has 2 aromatic carbocycles. The van der Waals surface area contributed by atoms with Crippen molar-refractivity contribution in [2.24, 2.45) is 0 Å². The molecule has 2 aliphatic heterocycles. The van der Waals surface area contributed by atoms with Crippen LogP contribution in [0.4, 0.5) is 5.69 Å². The lowest BCUT2D eigenvalue weighted by atomic mass is 9.80. The van der Waals surface area contributed by atoms with Crippen molar-refractivity contribution in [3.8, 4) is 17.4 Å². The van der Waals surface area contributed by atoms with Crippen LogP contribution in [0.1, 0.15) is 37.8 Å². The molecule has 3 aromatic rings. The fourth-order valence-electron chi connectivity index (χ4n) is 4.77. The van der Waals surface area contributed by atoms with Gasteiger partial charge in [0.25, 0.3) is 0 Å². The van der Waals surface area contributed by atoms with E-state index in [0.717, 1.165) is 23.6 Å². The molecule has 0 radical (unpaired) electrons. The van der Waals surface area contributed by atoms with Crippen molar-refractivity contribution in [1.82, 2.24) is 4.57 Å². The van der Waals surface area contributed by atoms with E-state index in [1.807, 2.05) is 38.1 Å². The van der Waals surface area contributed by atoms with E-state index in [0.29, 0.717) is 22.5 Å². The minimum absolute atomic E-state index is 0.0177. The van der Waals surface area contributed by atoms with Gasteiger partial charge in [0.15, 0.2) is 5.69 Å². The maximum Gasteiger partial charge on any atom is 0.205 e. The number of ether oxygens (including phenoxy) is 1. The van der Waals surface area contributed by atoms with Gasteiger partial charge in [-0.25, -0.2) is 4.85 Å². The zero-order chi connectivity index (χ0) is 18.3. The van der Waals surface area contributed by atoms with Crippen LogP contribution in [0, 0.1) is 6.57 Å². The van der Waals surface area contributed by atoms with Gasteiger partial charge in [-0.3, -0.25) is 4.57 Å². The number of aromatic hydroxyl groups is 2. The molecule has 2 bridgehead atoms. The largest absolute Gasteiger partial charge is 0.494 e. The van der Waals surface area contributed by atoms with Gasteiger partial charge in [-0.15, -0.1) is 0 Å². The molecule has 5 rings (SSSR count). The van der Waals surface area contributed by atoms with Crippen molar-refractivity contribution >= 4 is 16.5 Å². The lowest BCUT2D eigenvalue weighted by molar-refractivity contribution is -0.0683. The molecule has 0 aliphatic carbocycles. The van der Waals surface area contributed by atoms with Crippen LogP contribution < -0.4 is 0 Å². The van der Waals surface area contributed by atoms with E-state index in [1.54, 1.807) is 12.1 Å². The van der Waals surface area contributed by atoms with Crippen LogP contribution in [-0.2, 0) is 15.9 Å². The summed E-state index contributed by atoms with van der Waals surface area (Å²) < 4.78 is 7.65. The Morgan fingerprint density at radius 3 is 2.12 bits per heavy atom. The molecular formula is C21H18N2O3. The maximum absolute atomic E-state index is 11.0. The Morgan fingerprint density at radius 1 is 0.962 bits per heavy atom. The number of hydrogen-bond acceptors (Lipinski definition) is 3. The van der Waals surface area contributed by atoms with Crippen molar-refractivity contribution in [1.29, 1.82) is 0 Å². The normalized spacial score (nSPS) is 26.2. The Bertz CT molecular complexity index is 1100. The molecule has 5 heteroatoms. The molecule has 2 unspecified atom stereocenters. The SMILES string of the molecule is [C-]#[N+]c1ccc(-n2c(O)c3c(c2O)C2(C)CCC3(C)O2)c2ccccc12. The second kappa shape index (κ2) is 4.60. The first-order valence-electron chi connectivity index (χ1n) is 8.67. The van der Waals surface area contributed by atoms with E-state index in [9.17, 15) is 10.2 Å². The van der Waals surface area contributed by atoms with Gasteiger partial charge in [-0.05, 0) is 43.5 Å². The van der Waals surface area contributed by atoms with Crippen LogP contribution in [0.5, 0.6) is 11.8 Å². The third-order valence-corrected chi connectivity index (χ3v) is 5.95. The quantitative estimate of drug-likeness (QED) is 0.620. The number of hydrogen-bond donors (Lipinski definition) is 2. The first kappa shape index (κ1) is 15.3. The molecule has 1 fully saturated rings. The van der Waals surface area contributed by atoms with E-state index in [-0.39, 0.29) is 11.8 Å². The molecule has 1 saturated heterocycles. The van der Waals surface area contributed by atoms with Gasteiger partial charge in [0.1, 0.15) is 0 Å². The number of fused-ring (bicyclic) bond motifs is 6. The Balaban J connectivity index is 1.86. The summed E-state index contributed by atoms with van der Waals surface area (Å²) in [6, 6.07) is 11.1. The topological polar surface area (TPSA) is 59.0 Å². The van der Waals surface area contributed by atoms with Crippen molar-refractivity contribution in [3.05, 3.63) is 58.9 Å². The summed E-state index contributed by atoms with van der Waals surface area (Å²) in [6.45, 7) is 11.3. The minimum Gasteiger partial charge on any atom is -0.494 e. The fraction of sp³-hybridized carbons (Fsp3) is 0.286. The molecule has 0 spiro atoms. The molecule has 130 valence electrons. The maximum atomic E-state index is 11.0. The van der Waals surface area contributed by atoms with Crippen LogP contribution in [0.2, 0.25) is 0 Å². The second-order valence-corrected chi connectivity index (χ2v) is 7.56. The summed E-state index contributed by atoms with van der Waals surface area (Å²) in [5.41, 5.74) is 1.41. The average Bonchev–Trinajstić information content (AvgIpc) is 3.18. The number of benzene rings is 2. The highest BCUT2D eigenvalue weighted by Crippen LogP contribution is 2.64. The standard InChI is InChI=1S/C21H18N2O3/c1-20-10-11-21(2,26-20)17-16(20)18(24)23(19(17)25)15-9-8-14(22-3)12-6-4-5-7-13(12)15/h4-9,24-25H,10-11H2,1-2H3. The van der Waals surface area contributed by atoms with Crippen molar-refractivity contribution in [2.75, 3.05) is 0 Å². The van der Waals surface area contributed by atoms with Crippen LogP contribution in [0.25, 0.3) is 21.3 Å². The smallest absolute Gasteiger partial charge is 0.205 e. The van der Waals surface area contributed by atoms with E-state index >= 15 is 0 Å². The van der Waals surface area contributed by atoms with Crippen LogP contribution in [-0.4, -0.2) is 14.8 Å². The molecular weight excluding hydrogens is 328 g/mol. The molecule has 26 heavy (non-hydrogen) atoms. The number of rotatable bonds is 1. The fourth-order valence-corrected chi connectivity index (χ4v) is 4.77. The third kappa shape index (κ3) is 1.63. The first-order chi connectivity index (χ1) is 12.4. The molecule has 2 aliphatic rings. The summed E-state index contributed by atoms with van der Waals surface area (Å²) >= 11 is 0. The molecule has 2 N–H and O–H groups in total. The Hall–Kier alpha value is -2.97. The van der Waals surface area contributed by atoms with Gasteiger partial charge in [0.2, 0.25) is 11.8 Å². The van der Waals surface area contributed by atoms with E-state index in [1.165, 1.54) is 4.57 Å². The van der Waals surface area contributed by atoms with Crippen molar-refractivity contribution in [3.63, 3.8) is 0 Å². The monoisotopic (exact) mass is 346 g/mol. The zero-order valence-electron chi connectivity index (χ0n) is 14.6. The summed E-state index contributed by atoms with van der Waals surface area (Å²) in [4.78, 5) is 3.58. The van der Waals surface area contributed by atoms with Crippen LogP contribution >= 0.6 is 0 Å².